The van der Waals surface area contributed by atoms with E-state index in [0.29, 0.717) is 5.92 Å². The van der Waals surface area contributed by atoms with Crippen LogP contribution < -0.4 is 13.6 Å². The maximum atomic E-state index is 7.84. The number of rotatable bonds is 5. The van der Waals surface area contributed by atoms with Gasteiger partial charge in [-0.2, -0.15) is 0 Å². The van der Waals surface area contributed by atoms with Crippen LogP contribution in [-0.2, 0) is 17.9 Å². The summed E-state index contributed by atoms with van der Waals surface area (Å²) in [5.74, 6) is 0.433. The van der Waals surface area contributed by atoms with Crippen LogP contribution >= 0.6 is 17.0 Å². The van der Waals surface area contributed by atoms with Crippen LogP contribution in [0, 0.1) is 19.8 Å². The first-order valence-electron chi connectivity index (χ1n) is 13.3. The first-order valence-corrected chi connectivity index (χ1v) is 23.7. The molecule has 1 aliphatic carbocycles. The first-order chi connectivity index (χ1) is 17.8. The molecule has 0 nitrogen and oxygen atoms in total. The van der Waals surface area contributed by atoms with E-state index in [9.17, 15) is 0 Å². The molecule has 6 rings (SSSR count). The van der Waals surface area contributed by atoms with Crippen molar-refractivity contribution in [2.45, 2.75) is 37.7 Å². The Kier molecular flexibility index (Phi) is 6.77. The summed E-state index contributed by atoms with van der Waals surface area (Å²) in [6, 6.07) is 29.0. The van der Waals surface area contributed by atoms with Gasteiger partial charge < -0.3 is 0 Å². The van der Waals surface area contributed by atoms with Gasteiger partial charge in [0, 0.05) is 0 Å². The Morgan fingerprint density at radius 2 is 1.51 bits per heavy atom. The molecule has 0 aromatic heterocycles. The van der Waals surface area contributed by atoms with E-state index in [0.717, 1.165) is 6.42 Å². The molecule has 0 amide bonds. The van der Waals surface area contributed by atoms with Crippen molar-refractivity contribution in [3.8, 4) is 22.3 Å². The van der Waals surface area contributed by atoms with Gasteiger partial charge in [-0.3, -0.25) is 0 Å². The van der Waals surface area contributed by atoms with Crippen LogP contribution in [-0.4, -0.2) is 9.52 Å². The van der Waals surface area contributed by atoms with Crippen molar-refractivity contribution in [1.82, 2.24) is 0 Å². The van der Waals surface area contributed by atoms with Gasteiger partial charge in [0.2, 0.25) is 0 Å². The second-order valence-electron chi connectivity index (χ2n) is 10.8. The van der Waals surface area contributed by atoms with Gasteiger partial charge in [0.15, 0.2) is 0 Å². The monoisotopic (exact) mass is 616 g/mol. The summed E-state index contributed by atoms with van der Waals surface area (Å²) in [4.78, 5) is 0. The molecule has 4 heteroatoms. The van der Waals surface area contributed by atoms with Crippen molar-refractivity contribution in [1.29, 1.82) is 0 Å². The van der Waals surface area contributed by atoms with Crippen molar-refractivity contribution < 1.29 is 17.9 Å². The second-order valence-corrected chi connectivity index (χ2v) is 26.6. The average molecular weight is 619 g/mol. The molecule has 0 N–H and O–H groups in total. The van der Waals surface area contributed by atoms with Crippen LogP contribution in [0.15, 0.2) is 84.4 Å². The molecule has 2 atom stereocenters. The molecule has 4 aromatic rings. The van der Waals surface area contributed by atoms with Gasteiger partial charge in [0.05, 0.1) is 0 Å². The van der Waals surface area contributed by atoms with E-state index in [1.807, 2.05) is 0 Å². The molecule has 2 aliphatic rings. The zero-order chi connectivity index (χ0) is 25.9. The van der Waals surface area contributed by atoms with Gasteiger partial charge in [0.25, 0.3) is 0 Å². The van der Waals surface area contributed by atoms with Gasteiger partial charge in [-0.25, -0.2) is 0 Å². The summed E-state index contributed by atoms with van der Waals surface area (Å²) in [6.07, 6.45) is 3.55. The Morgan fingerprint density at radius 3 is 2.27 bits per heavy atom. The fraction of sp³-hybridized carbons (Fsp3) is 0.212. The van der Waals surface area contributed by atoms with Crippen molar-refractivity contribution in [3.05, 3.63) is 107 Å². The van der Waals surface area contributed by atoms with Gasteiger partial charge in [-0.1, -0.05) is 0 Å². The maximum absolute atomic E-state index is 7.84. The van der Waals surface area contributed by atoms with Crippen LogP contribution in [0.5, 0.6) is 0 Å². The molecule has 1 heterocycles. The van der Waals surface area contributed by atoms with Gasteiger partial charge in [-0.15, -0.1) is 0 Å². The SMILES string of the molecule is CCC(C)C1=Cc2c(ccc(C)c2-c2ccccc2C)[CH]1[Zr]([Cl])([Cl])[c]1cccc2c1[SiH2]c1ccccc1-2. The Balaban J connectivity index is 1.56. The summed E-state index contributed by atoms with van der Waals surface area (Å²) in [6.45, 7) is 9.07. The molecule has 0 spiro atoms. The predicted octanol–water partition coefficient (Wildman–Crippen LogP) is 7.34. The van der Waals surface area contributed by atoms with Crippen LogP contribution in [0.1, 0.15) is 46.1 Å². The summed E-state index contributed by atoms with van der Waals surface area (Å²) in [5.41, 5.74) is 12.1. The standard InChI is InChI=1S/C21H23.C12H9Si.2ClH.Zr/c1-5-14(2)18-12-17-11-10-16(4)21(20(17)13-18)19-9-7-6-8-15(19)3;1-3-7-11-9(5-1)10-6-2-4-8-12(10)13-11;;;/h6-14H,5H2,1-4H3;1-7H,13H2;2*1H;/q;;;;+2/p-2. The number of hydrogen-bond donors (Lipinski definition) is 0. The molecule has 0 bridgehead atoms. The Morgan fingerprint density at radius 1 is 0.811 bits per heavy atom. The van der Waals surface area contributed by atoms with E-state index in [-0.39, 0.29) is 3.63 Å². The molecule has 0 radical (unpaired) electrons. The summed E-state index contributed by atoms with van der Waals surface area (Å²) < 4.78 is 1.43. The third-order valence-corrected chi connectivity index (χ3v) is 22.9. The van der Waals surface area contributed by atoms with Crippen molar-refractivity contribution in [3.63, 3.8) is 0 Å². The molecule has 4 aromatic carbocycles. The predicted molar refractivity (Wildman–Crippen MR) is 163 cm³/mol. The zero-order valence-corrected chi connectivity index (χ0v) is 27.3. The third-order valence-electron chi connectivity index (χ3n) is 8.61. The van der Waals surface area contributed by atoms with E-state index in [1.54, 1.807) is 0 Å². The molecule has 2 unspecified atom stereocenters. The fourth-order valence-electron chi connectivity index (χ4n) is 6.48. The fourth-order valence-corrected chi connectivity index (χ4v) is 23.4. The number of allylic oxidation sites excluding steroid dienone is 1. The third kappa shape index (κ3) is 4.11. The summed E-state index contributed by atoms with van der Waals surface area (Å²) in [7, 11) is 15.1. The Bertz CT molecular complexity index is 1570. The molecular formula is C33H32Cl2SiZr. The molecule has 1 aliphatic heterocycles. The second kappa shape index (κ2) is 9.80. The minimum absolute atomic E-state index is 0.121. The Hall–Kier alpha value is -1.70. The van der Waals surface area contributed by atoms with E-state index in [1.165, 1.54) is 63.7 Å². The first kappa shape index (κ1) is 25.6. The van der Waals surface area contributed by atoms with Crippen molar-refractivity contribution in [2.24, 2.45) is 5.92 Å². The van der Waals surface area contributed by atoms with Gasteiger partial charge in [0.1, 0.15) is 0 Å². The van der Waals surface area contributed by atoms with Crippen LogP contribution in [0.4, 0.5) is 0 Å². The minimum atomic E-state index is -3.96. The molecular weight excluding hydrogens is 587 g/mol. The van der Waals surface area contributed by atoms with Gasteiger partial charge >= 0.3 is 237 Å². The topological polar surface area (TPSA) is 0 Å². The number of hydrogen-bond acceptors (Lipinski definition) is 0. The zero-order valence-electron chi connectivity index (χ0n) is 21.9. The van der Waals surface area contributed by atoms with Crippen molar-refractivity contribution >= 4 is 46.3 Å². The normalized spacial score (nSPS) is 17.4. The average Bonchev–Trinajstić information content (AvgIpc) is 3.48. The summed E-state index contributed by atoms with van der Waals surface area (Å²) in [5, 5.41) is 3.01. The van der Waals surface area contributed by atoms with Crippen LogP contribution in [0.25, 0.3) is 28.3 Å². The van der Waals surface area contributed by atoms with E-state index < -0.39 is 27.4 Å². The van der Waals surface area contributed by atoms with Crippen LogP contribution in [0.2, 0.25) is 0 Å². The molecule has 37 heavy (non-hydrogen) atoms. The number of aryl methyl sites for hydroxylation is 2. The van der Waals surface area contributed by atoms with E-state index >= 15 is 0 Å². The molecule has 0 saturated carbocycles. The van der Waals surface area contributed by atoms with Crippen LogP contribution in [0.3, 0.4) is 0 Å². The molecule has 0 fully saturated rings. The number of benzene rings is 4. The van der Waals surface area contributed by atoms with E-state index in [4.69, 9.17) is 17.0 Å². The van der Waals surface area contributed by atoms with Crippen molar-refractivity contribution in [2.75, 3.05) is 0 Å². The quantitative estimate of drug-likeness (QED) is 0.181. The Labute approximate surface area is 235 Å². The number of fused-ring (bicyclic) bond motifs is 4. The molecule has 186 valence electrons. The number of halogens is 2. The van der Waals surface area contributed by atoms with Gasteiger partial charge in [-0.05, 0) is 0 Å². The van der Waals surface area contributed by atoms with E-state index in [2.05, 4.69) is 113 Å². The summed E-state index contributed by atoms with van der Waals surface area (Å²) >= 11 is -3.96. The molecule has 0 saturated heterocycles.